The molecular weight excluding hydrogens is 659 g/mol. The van der Waals surface area contributed by atoms with Gasteiger partial charge >= 0.3 is 12.1 Å². The largest absolute Gasteiger partial charge is 0.323 e. The topological polar surface area (TPSA) is 111 Å². The summed E-state index contributed by atoms with van der Waals surface area (Å²) in [6.45, 7) is 0. The highest BCUT2D eigenvalue weighted by atomic mass is 16.2. The van der Waals surface area contributed by atoms with Crippen LogP contribution in [0.5, 0.6) is 0 Å². The summed E-state index contributed by atoms with van der Waals surface area (Å²) in [6, 6.07) is 43.7. The Bertz CT molecular complexity index is 2430. The molecule has 0 aliphatic rings. The van der Waals surface area contributed by atoms with Gasteiger partial charge in [-0.05, 0) is 109 Å². The number of hydrogen-bond acceptors (Lipinski definition) is 3. The summed E-state index contributed by atoms with van der Waals surface area (Å²) < 4.78 is 0. The lowest BCUT2D eigenvalue weighted by Gasteiger charge is -2.15. The van der Waals surface area contributed by atoms with E-state index in [0.717, 1.165) is 22.3 Å². The van der Waals surface area contributed by atoms with Crippen LogP contribution in [0.4, 0.5) is 38.0 Å². The van der Waals surface area contributed by atoms with E-state index in [0.29, 0.717) is 22.6 Å². The lowest BCUT2D eigenvalue weighted by Crippen LogP contribution is -2.24. The molecule has 8 heteroatoms. The summed E-state index contributed by atoms with van der Waals surface area (Å²) >= 11 is 0. The van der Waals surface area contributed by atoms with Crippen molar-refractivity contribution in [2.24, 2.45) is 0 Å². The van der Waals surface area contributed by atoms with E-state index >= 15 is 0 Å². The van der Waals surface area contributed by atoms with Gasteiger partial charge in [0.15, 0.2) is 0 Å². The lowest BCUT2D eigenvalue weighted by atomic mass is 10.1. The number of rotatable bonds is 6. The van der Waals surface area contributed by atoms with E-state index in [-0.39, 0.29) is 16.9 Å². The predicted molar refractivity (Wildman–Crippen MR) is 212 cm³/mol. The van der Waals surface area contributed by atoms with Crippen LogP contribution >= 0.6 is 0 Å². The molecular formula is C45H31N5O3. The summed E-state index contributed by atoms with van der Waals surface area (Å²) in [5, 5.41) is 13.9. The summed E-state index contributed by atoms with van der Waals surface area (Å²) in [5.74, 6) is 14.5. The van der Waals surface area contributed by atoms with Crippen molar-refractivity contribution in [1.82, 2.24) is 0 Å². The van der Waals surface area contributed by atoms with Crippen molar-refractivity contribution in [3.63, 3.8) is 0 Å². The molecule has 0 aliphatic heterocycles. The number of carbonyl (C=O) groups is 3. The Hall–Kier alpha value is -7.99. The summed E-state index contributed by atoms with van der Waals surface area (Å²) in [4.78, 5) is 39.6. The molecule has 0 fully saturated rings. The maximum atomic E-state index is 13.2. The maximum Gasteiger partial charge on any atom is 0.323 e. The van der Waals surface area contributed by atoms with Gasteiger partial charge in [0, 0.05) is 50.4 Å². The Balaban J connectivity index is 1.16. The highest BCUT2D eigenvalue weighted by Crippen LogP contribution is 2.25. The number of urea groups is 2. The quantitative estimate of drug-likeness (QED) is 0.113. The van der Waals surface area contributed by atoms with Crippen LogP contribution < -0.4 is 26.6 Å². The van der Waals surface area contributed by atoms with Crippen molar-refractivity contribution in [2.75, 3.05) is 26.6 Å². The Morgan fingerprint density at radius 1 is 0.396 bits per heavy atom. The average molecular weight is 690 g/mol. The first-order chi connectivity index (χ1) is 25.9. The second-order valence-electron chi connectivity index (χ2n) is 11.5. The third kappa shape index (κ3) is 10.3. The van der Waals surface area contributed by atoms with Gasteiger partial charge in [-0.25, -0.2) is 9.59 Å². The van der Waals surface area contributed by atoms with E-state index in [2.05, 4.69) is 56.2 Å². The van der Waals surface area contributed by atoms with Gasteiger partial charge in [0.25, 0.3) is 5.91 Å². The van der Waals surface area contributed by atoms with Crippen molar-refractivity contribution >= 4 is 46.4 Å². The molecule has 6 rings (SSSR count). The molecule has 0 radical (unpaired) electrons. The Labute approximate surface area is 307 Å². The number of nitrogens with one attached hydrogen (secondary N) is 5. The number of terminal acetylenes is 1. The van der Waals surface area contributed by atoms with Gasteiger partial charge < -0.3 is 26.6 Å². The number of hydrogen-bond donors (Lipinski definition) is 5. The van der Waals surface area contributed by atoms with Crippen LogP contribution in [0.2, 0.25) is 0 Å². The SMILES string of the molecule is C#Cc1cccc(NC(=O)c2ccc(NC(=O)Nc3ccc(C#Cc4ccccc4)cc3)c(NC(=O)Nc3ccc(C#Cc4ccccc4)cc3)c2)c1. The molecule has 254 valence electrons. The van der Waals surface area contributed by atoms with E-state index in [1.54, 1.807) is 72.8 Å². The molecule has 0 aliphatic carbocycles. The minimum atomic E-state index is -0.594. The maximum absolute atomic E-state index is 13.2. The third-order valence-corrected chi connectivity index (χ3v) is 7.60. The average Bonchev–Trinajstić information content (AvgIpc) is 3.19. The van der Waals surface area contributed by atoms with Crippen LogP contribution in [0.3, 0.4) is 0 Å². The second kappa shape index (κ2) is 17.1. The fourth-order valence-corrected chi connectivity index (χ4v) is 4.96. The molecule has 0 bridgehead atoms. The Morgan fingerprint density at radius 3 is 1.38 bits per heavy atom. The molecule has 0 unspecified atom stereocenters. The summed E-state index contributed by atoms with van der Waals surface area (Å²) in [6.07, 6.45) is 5.51. The normalized spacial score (nSPS) is 9.79. The molecule has 0 aromatic heterocycles. The van der Waals surface area contributed by atoms with Gasteiger partial charge in [-0.2, -0.15) is 0 Å². The van der Waals surface area contributed by atoms with E-state index in [9.17, 15) is 14.4 Å². The molecule has 0 spiro atoms. The van der Waals surface area contributed by atoms with E-state index in [4.69, 9.17) is 6.42 Å². The second-order valence-corrected chi connectivity index (χ2v) is 11.5. The van der Waals surface area contributed by atoms with E-state index in [1.807, 2.05) is 60.7 Å². The van der Waals surface area contributed by atoms with Gasteiger partial charge in [-0.15, -0.1) is 6.42 Å². The molecule has 53 heavy (non-hydrogen) atoms. The van der Waals surface area contributed by atoms with Crippen LogP contribution in [-0.2, 0) is 0 Å². The van der Waals surface area contributed by atoms with E-state index < -0.39 is 18.0 Å². The summed E-state index contributed by atoms with van der Waals surface area (Å²) in [5.41, 5.74) is 6.17. The fraction of sp³-hybridized carbons (Fsp3) is 0. The molecule has 0 saturated heterocycles. The van der Waals surface area contributed by atoms with Gasteiger partial charge in [0.1, 0.15) is 0 Å². The lowest BCUT2D eigenvalue weighted by molar-refractivity contribution is 0.102. The van der Waals surface area contributed by atoms with Crippen molar-refractivity contribution < 1.29 is 14.4 Å². The Morgan fingerprint density at radius 2 is 0.868 bits per heavy atom. The molecule has 0 saturated carbocycles. The van der Waals surface area contributed by atoms with Gasteiger partial charge in [-0.1, -0.05) is 72.1 Å². The smallest absolute Gasteiger partial charge is 0.322 e. The number of anilines is 5. The minimum absolute atomic E-state index is 0.180. The van der Waals surface area contributed by atoms with Gasteiger partial charge in [0.05, 0.1) is 11.4 Å². The highest BCUT2D eigenvalue weighted by Gasteiger charge is 2.15. The van der Waals surface area contributed by atoms with Crippen molar-refractivity contribution in [3.8, 4) is 36.0 Å². The third-order valence-electron chi connectivity index (χ3n) is 7.60. The monoisotopic (exact) mass is 689 g/mol. The van der Waals surface area contributed by atoms with E-state index in [1.165, 1.54) is 18.2 Å². The summed E-state index contributed by atoms with van der Waals surface area (Å²) in [7, 11) is 0. The fourth-order valence-electron chi connectivity index (χ4n) is 4.96. The first-order valence-electron chi connectivity index (χ1n) is 16.4. The number of benzene rings is 6. The zero-order valence-corrected chi connectivity index (χ0v) is 28.2. The molecule has 8 nitrogen and oxygen atoms in total. The highest BCUT2D eigenvalue weighted by molar-refractivity contribution is 6.09. The molecule has 5 amide bonds. The van der Waals surface area contributed by atoms with Crippen LogP contribution in [-0.4, -0.2) is 18.0 Å². The van der Waals surface area contributed by atoms with Gasteiger partial charge in [0.2, 0.25) is 0 Å². The molecule has 5 N–H and O–H groups in total. The molecule has 0 heterocycles. The molecule has 6 aromatic carbocycles. The van der Waals surface area contributed by atoms with Crippen molar-refractivity contribution in [2.45, 2.75) is 0 Å². The zero-order valence-electron chi connectivity index (χ0n) is 28.2. The van der Waals surface area contributed by atoms with Crippen molar-refractivity contribution in [3.05, 3.63) is 185 Å². The van der Waals surface area contributed by atoms with Crippen LogP contribution in [0.15, 0.2) is 152 Å². The van der Waals surface area contributed by atoms with Crippen LogP contribution in [0.25, 0.3) is 0 Å². The van der Waals surface area contributed by atoms with Crippen molar-refractivity contribution in [1.29, 1.82) is 0 Å². The standard InChI is InChI=1S/C45H31N5O3/c1-2-32-14-9-15-40(30-32)46-43(51)37-24-29-41(49-44(52)47-38-25-20-35(21-26-38)18-16-33-10-5-3-6-11-33)42(31-37)50-45(53)48-39-27-22-36(23-28-39)19-17-34-12-7-4-8-13-34/h1,3-15,20-31H,(H,46,51)(H2,47,49,52)(H2,48,50,53). The van der Waals surface area contributed by atoms with Gasteiger partial charge in [-0.3, -0.25) is 4.79 Å². The van der Waals surface area contributed by atoms with Crippen LogP contribution in [0, 0.1) is 36.0 Å². The zero-order chi connectivity index (χ0) is 36.8. The molecule has 0 atom stereocenters. The predicted octanol–water partition coefficient (Wildman–Crippen LogP) is 9.01. The minimum Gasteiger partial charge on any atom is -0.322 e. The first kappa shape index (κ1) is 34.9. The Kier molecular flexibility index (Phi) is 11.2. The number of amides is 5. The van der Waals surface area contributed by atoms with Crippen LogP contribution in [0.1, 0.15) is 38.2 Å². The molecule has 6 aromatic rings. The first-order valence-corrected chi connectivity index (χ1v) is 16.4. The number of carbonyl (C=O) groups excluding carboxylic acids is 3.